The third kappa shape index (κ3) is 3.06. The summed E-state index contributed by atoms with van der Waals surface area (Å²) in [4.78, 5) is 36.0. The largest absolute Gasteiger partial charge is 0.460 e. The first-order chi connectivity index (χ1) is 12.0. The van der Waals surface area contributed by atoms with Crippen molar-refractivity contribution in [3.05, 3.63) is 22.0 Å². The van der Waals surface area contributed by atoms with Crippen molar-refractivity contribution in [2.75, 3.05) is 26.3 Å². The van der Waals surface area contributed by atoms with Gasteiger partial charge in [0.2, 0.25) is 0 Å². The minimum Gasteiger partial charge on any atom is -0.460 e. The molecule has 132 valence electrons. The van der Waals surface area contributed by atoms with E-state index >= 15 is 0 Å². The zero-order valence-electron chi connectivity index (χ0n) is 14.2. The number of thiophene rings is 1. The van der Waals surface area contributed by atoms with Crippen LogP contribution in [0, 0.1) is 13.8 Å². The van der Waals surface area contributed by atoms with E-state index in [1.54, 1.807) is 0 Å². The van der Waals surface area contributed by atoms with Gasteiger partial charge in [0.1, 0.15) is 28.7 Å². The van der Waals surface area contributed by atoms with Gasteiger partial charge in [-0.1, -0.05) is 0 Å². The molecule has 0 unspecified atom stereocenters. The van der Waals surface area contributed by atoms with Gasteiger partial charge in [0, 0.05) is 11.3 Å². The van der Waals surface area contributed by atoms with Gasteiger partial charge >= 0.3 is 12.1 Å². The molecule has 8 heteroatoms. The normalized spacial score (nSPS) is 17.2. The molecule has 3 heterocycles. The number of cyclic esters (lactones) is 1. The number of nitrogens with zero attached hydrogens (tertiary/aromatic N) is 3. The van der Waals surface area contributed by atoms with Crippen LogP contribution >= 0.6 is 11.3 Å². The molecule has 2 aliphatic rings. The van der Waals surface area contributed by atoms with Crippen molar-refractivity contribution in [1.29, 1.82) is 0 Å². The van der Waals surface area contributed by atoms with Crippen LogP contribution in [-0.2, 0) is 9.47 Å². The Hall–Kier alpha value is -2.22. The number of hydrogen-bond donors (Lipinski definition) is 0. The number of aromatic nitrogens is 2. The van der Waals surface area contributed by atoms with E-state index in [9.17, 15) is 9.59 Å². The summed E-state index contributed by atoms with van der Waals surface area (Å²) < 4.78 is 10.2. The van der Waals surface area contributed by atoms with Crippen molar-refractivity contribution in [1.82, 2.24) is 14.9 Å². The quantitative estimate of drug-likeness (QED) is 0.762. The molecule has 25 heavy (non-hydrogen) atoms. The standard InChI is InChI=1S/C17H19N3O4S/c1-9-12-10(2)18-14(11-3-4-11)19-15(12)25-13(9)16(21)23-7-5-20-6-8-24-17(20)22/h11H,3-8H2,1-2H3. The Morgan fingerprint density at radius 2 is 2.16 bits per heavy atom. The predicted molar refractivity (Wildman–Crippen MR) is 92.1 cm³/mol. The summed E-state index contributed by atoms with van der Waals surface area (Å²) in [6, 6.07) is 0. The Kier molecular flexibility index (Phi) is 4.07. The van der Waals surface area contributed by atoms with Gasteiger partial charge in [-0.15, -0.1) is 11.3 Å². The fourth-order valence-corrected chi connectivity index (χ4v) is 4.15. The molecule has 0 spiro atoms. The van der Waals surface area contributed by atoms with Crippen molar-refractivity contribution < 1.29 is 19.1 Å². The first-order valence-electron chi connectivity index (χ1n) is 8.41. The second-order valence-electron chi connectivity index (χ2n) is 6.42. The lowest BCUT2D eigenvalue weighted by molar-refractivity contribution is 0.0482. The molecule has 1 aliphatic carbocycles. The molecule has 1 saturated heterocycles. The number of aryl methyl sites for hydroxylation is 2. The van der Waals surface area contributed by atoms with Gasteiger partial charge in [0.05, 0.1) is 18.8 Å². The first kappa shape index (κ1) is 16.3. The van der Waals surface area contributed by atoms with Crippen LogP contribution in [0.3, 0.4) is 0 Å². The van der Waals surface area contributed by atoms with E-state index in [1.165, 1.54) is 16.2 Å². The van der Waals surface area contributed by atoms with Crippen LogP contribution in [0.15, 0.2) is 0 Å². The van der Waals surface area contributed by atoms with E-state index in [0.717, 1.165) is 40.1 Å². The van der Waals surface area contributed by atoms with Gasteiger partial charge in [-0.25, -0.2) is 19.6 Å². The van der Waals surface area contributed by atoms with Crippen LogP contribution in [0.1, 0.15) is 45.5 Å². The van der Waals surface area contributed by atoms with Crippen LogP contribution in [0.4, 0.5) is 4.79 Å². The molecular formula is C17H19N3O4S. The molecule has 4 rings (SSSR count). The summed E-state index contributed by atoms with van der Waals surface area (Å²) in [6.07, 6.45) is 1.93. The molecule has 1 saturated carbocycles. The number of fused-ring (bicyclic) bond motifs is 1. The summed E-state index contributed by atoms with van der Waals surface area (Å²) >= 11 is 1.36. The highest BCUT2D eigenvalue weighted by atomic mass is 32.1. The maximum Gasteiger partial charge on any atom is 0.410 e. The molecule has 2 aromatic heterocycles. The second-order valence-corrected chi connectivity index (χ2v) is 7.41. The summed E-state index contributed by atoms with van der Waals surface area (Å²) in [6.45, 7) is 5.30. The van der Waals surface area contributed by atoms with E-state index in [4.69, 9.17) is 9.47 Å². The molecule has 0 radical (unpaired) electrons. The Bertz CT molecular complexity index is 859. The summed E-state index contributed by atoms with van der Waals surface area (Å²) in [5.41, 5.74) is 1.78. The average molecular weight is 361 g/mol. The fraction of sp³-hybridized carbons (Fsp3) is 0.529. The third-order valence-electron chi connectivity index (χ3n) is 4.56. The molecule has 0 atom stereocenters. The van der Waals surface area contributed by atoms with E-state index in [1.807, 2.05) is 13.8 Å². The topological polar surface area (TPSA) is 81.6 Å². The zero-order chi connectivity index (χ0) is 17.6. The van der Waals surface area contributed by atoms with E-state index in [0.29, 0.717) is 30.5 Å². The highest BCUT2D eigenvalue weighted by Crippen LogP contribution is 2.40. The lowest BCUT2D eigenvalue weighted by Crippen LogP contribution is -2.29. The Morgan fingerprint density at radius 1 is 1.36 bits per heavy atom. The number of rotatable bonds is 5. The summed E-state index contributed by atoms with van der Waals surface area (Å²) in [5.74, 6) is 0.986. The van der Waals surface area contributed by atoms with Gasteiger partial charge in [-0.2, -0.15) is 0 Å². The van der Waals surface area contributed by atoms with Crippen LogP contribution in [-0.4, -0.2) is 53.2 Å². The molecular weight excluding hydrogens is 342 g/mol. The SMILES string of the molecule is Cc1nc(C2CC2)nc2sc(C(=O)OCCN3CCOC3=O)c(C)c12. The van der Waals surface area contributed by atoms with Crippen LogP contribution in [0.5, 0.6) is 0 Å². The molecule has 2 aromatic rings. The number of carbonyl (C=O) groups is 2. The van der Waals surface area contributed by atoms with Crippen LogP contribution in [0.2, 0.25) is 0 Å². The average Bonchev–Trinajstić information content (AvgIpc) is 3.27. The Balaban J connectivity index is 1.50. The first-order valence-corrected chi connectivity index (χ1v) is 9.22. The van der Waals surface area contributed by atoms with Gasteiger partial charge < -0.3 is 14.4 Å². The Labute approximate surface area is 149 Å². The highest BCUT2D eigenvalue weighted by molar-refractivity contribution is 7.20. The third-order valence-corrected chi connectivity index (χ3v) is 5.72. The van der Waals surface area contributed by atoms with Gasteiger partial charge in [-0.3, -0.25) is 0 Å². The molecule has 1 aliphatic heterocycles. The molecule has 1 amide bonds. The maximum atomic E-state index is 12.4. The predicted octanol–water partition coefficient (Wildman–Crippen LogP) is 2.79. The van der Waals surface area contributed by atoms with Crippen LogP contribution < -0.4 is 0 Å². The molecule has 0 bridgehead atoms. The monoisotopic (exact) mass is 361 g/mol. The lowest BCUT2D eigenvalue weighted by Gasteiger charge is -2.12. The zero-order valence-corrected chi connectivity index (χ0v) is 15.0. The van der Waals surface area contributed by atoms with Crippen molar-refractivity contribution in [2.45, 2.75) is 32.6 Å². The number of carbonyl (C=O) groups excluding carboxylic acids is 2. The van der Waals surface area contributed by atoms with E-state index in [2.05, 4.69) is 9.97 Å². The maximum absolute atomic E-state index is 12.4. The fourth-order valence-electron chi connectivity index (χ4n) is 3.02. The van der Waals surface area contributed by atoms with Gasteiger partial charge in [0.15, 0.2) is 0 Å². The van der Waals surface area contributed by atoms with E-state index < -0.39 is 0 Å². The molecule has 0 aromatic carbocycles. The van der Waals surface area contributed by atoms with E-state index in [-0.39, 0.29) is 18.7 Å². The Morgan fingerprint density at radius 3 is 2.84 bits per heavy atom. The minimum atomic E-state index is -0.375. The van der Waals surface area contributed by atoms with Crippen molar-refractivity contribution >= 4 is 33.6 Å². The molecule has 0 N–H and O–H groups in total. The number of amides is 1. The second kappa shape index (κ2) is 6.25. The van der Waals surface area contributed by atoms with Crippen LogP contribution in [0.25, 0.3) is 10.2 Å². The van der Waals surface area contributed by atoms with Crippen molar-refractivity contribution in [2.24, 2.45) is 0 Å². The smallest absolute Gasteiger partial charge is 0.410 e. The number of esters is 1. The lowest BCUT2D eigenvalue weighted by atomic mass is 10.1. The molecule has 7 nitrogen and oxygen atoms in total. The van der Waals surface area contributed by atoms with Crippen molar-refractivity contribution in [3.63, 3.8) is 0 Å². The summed E-state index contributed by atoms with van der Waals surface area (Å²) in [5, 5.41) is 0.949. The number of ether oxygens (including phenoxy) is 2. The highest BCUT2D eigenvalue weighted by Gasteiger charge is 2.29. The van der Waals surface area contributed by atoms with Gasteiger partial charge in [-0.05, 0) is 32.3 Å². The number of hydrogen-bond acceptors (Lipinski definition) is 7. The minimum absolute atomic E-state index is 0.152. The van der Waals surface area contributed by atoms with Gasteiger partial charge in [0.25, 0.3) is 0 Å². The van der Waals surface area contributed by atoms with Crippen molar-refractivity contribution in [3.8, 4) is 0 Å². The summed E-state index contributed by atoms with van der Waals surface area (Å²) in [7, 11) is 0. The molecule has 2 fully saturated rings.